The number of carboxylic acid groups (broad SMARTS) is 1. The standard InChI is InChI=1S/C18H19NO3/c1-12-10-14(16-4-2-3-5-17(16)19-12)11-22-15-8-6-13(7-9-15)18(20)21/h6-10H,2-5,11H2,1H3,(H,20,21). The van der Waals surface area contributed by atoms with Gasteiger partial charge < -0.3 is 9.84 Å². The quantitative estimate of drug-likeness (QED) is 0.937. The minimum absolute atomic E-state index is 0.268. The molecule has 3 rings (SSSR count). The molecule has 0 bridgehead atoms. The highest BCUT2D eigenvalue weighted by atomic mass is 16.5. The summed E-state index contributed by atoms with van der Waals surface area (Å²) in [5.41, 5.74) is 5.04. The lowest BCUT2D eigenvalue weighted by Crippen LogP contribution is -2.11. The van der Waals surface area contributed by atoms with Crippen LogP contribution in [0.3, 0.4) is 0 Å². The Labute approximate surface area is 129 Å². The van der Waals surface area contributed by atoms with Crippen LogP contribution >= 0.6 is 0 Å². The first kappa shape index (κ1) is 14.6. The number of carbonyl (C=O) groups is 1. The summed E-state index contributed by atoms with van der Waals surface area (Å²) in [6.45, 7) is 2.51. The zero-order valence-corrected chi connectivity index (χ0v) is 12.6. The number of fused-ring (bicyclic) bond motifs is 1. The van der Waals surface area contributed by atoms with Crippen LogP contribution in [0.1, 0.15) is 45.7 Å². The van der Waals surface area contributed by atoms with Crippen LogP contribution in [0, 0.1) is 6.92 Å². The van der Waals surface area contributed by atoms with E-state index in [1.165, 1.54) is 29.7 Å². The van der Waals surface area contributed by atoms with Crippen molar-refractivity contribution in [1.82, 2.24) is 4.98 Å². The first-order valence-electron chi connectivity index (χ1n) is 7.58. The van der Waals surface area contributed by atoms with Gasteiger partial charge in [0.25, 0.3) is 0 Å². The van der Waals surface area contributed by atoms with Crippen LogP contribution in [0.4, 0.5) is 0 Å². The molecule has 1 aliphatic rings. The monoisotopic (exact) mass is 297 g/mol. The SMILES string of the molecule is Cc1cc(COc2ccc(C(=O)O)cc2)c2c(n1)CCCC2. The Morgan fingerprint density at radius 2 is 1.95 bits per heavy atom. The van der Waals surface area contributed by atoms with E-state index in [-0.39, 0.29) is 5.56 Å². The lowest BCUT2D eigenvalue weighted by atomic mass is 9.92. The van der Waals surface area contributed by atoms with Gasteiger partial charge in [0, 0.05) is 11.4 Å². The Kier molecular flexibility index (Phi) is 4.09. The predicted molar refractivity (Wildman–Crippen MR) is 83.3 cm³/mol. The highest BCUT2D eigenvalue weighted by Gasteiger charge is 2.15. The number of hydrogen-bond acceptors (Lipinski definition) is 3. The van der Waals surface area contributed by atoms with Gasteiger partial charge in [-0.2, -0.15) is 0 Å². The van der Waals surface area contributed by atoms with E-state index < -0.39 is 5.97 Å². The molecule has 0 atom stereocenters. The van der Waals surface area contributed by atoms with E-state index in [1.807, 2.05) is 6.92 Å². The molecule has 0 radical (unpaired) electrons. The summed E-state index contributed by atoms with van der Waals surface area (Å²) >= 11 is 0. The lowest BCUT2D eigenvalue weighted by Gasteiger charge is -2.19. The number of nitrogens with zero attached hydrogens (tertiary/aromatic N) is 1. The van der Waals surface area contributed by atoms with Gasteiger partial charge in [-0.25, -0.2) is 4.79 Å². The number of pyridine rings is 1. The molecule has 0 saturated heterocycles. The van der Waals surface area contributed by atoms with Crippen LogP contribution in [0.5, 0.6) is 5.75 Å². The molecule has 1 N–H and O–H groups in total. The van der Waals surface area contributed by atoms with Gasteiger partial charge in [0.15, 0.2) is 0 Å². The van der Waals surface area contributed by atoms with Gasteiger partial charge in [-0.1, -0.05) is 0 Å². The van der Waals surface area contributed by atoms with Gasteiger partial charge in [-0.15, -0.1) is 0 Å². The Hall–Kier alpha value is -2.36. The summed E-state index contributed by atoms with van der Waals surface area (Å²) in [6, 6.07) is 8.61. The first-order chi connectivity index (χ1) is 10.6. The number of aryl methyl sites for hydroxylation is 2. The zero-order chi connectivity index (χ0) is 15.5. The van der Waals surface area contributed by atoms with Crippen molar-refractivity contribution in [3.05, 3.63) is 58.4 Å². The Morgan fingerprint density at radius 3 is 2.68 bits per heavy atom. The first-order valence-corrected chi connectivity index (χ1v) is 7.58. The van der Waals surface area contributed by atoms with Crippen molar-refractivity contribution in [2.75, 3.05) is 0 Å². The average molecular weight is 297 g/mol. The molecular formula is C18H19NO3. The maximum absolute atomic E-state index is 10.8. The third-order valence-electron chi connectivity index (χ3n) is 4.02. The Bertz CT molecular complexity index is 692. The number of rotatable bonds is 4. The molecule has 1 aromatic carbocycles. The fraction of sp³-hybridized carbons (Fsp3) is 0.333. The lowest BCUT2D eigenvalue weighted by molar-refractivity contribution is 0.0697. The van der Waals surface area contributed by atoms with Crippen molar-refractivity contribution >= 4 is 5.97 Å². The topological polar surface area (TPSA) is 59.4 Å². The van der Waals surface area contributed by atoms with E-state index in [9.17, 15) is 4.79 Å². The van der Waals surface area contributed by atoms with E-state index in [1.54, 1.807) is 24.3 Å². The van der Waals surface area contributed by atoms with Gasteiger partial charge in [0.2, 0.25) is 0 Å². The van der Waals surface area contributed by atoms with Crippen LogP contribution in [0.25, 0.3) is 0 Å². The summed E-state index contributed by atoms with van der Waals surface area (Å²) < 4.78 is 5.83. The molecule has 0 unspecified atom stereocenters. The molecule has 0 saturated carbocycles. The van der Waals surface area contributed by atoms with Crippen molar-refractivity contribution in [2.45, 2.75) is 39.2 Å². The fourth-order valence-corrected chi connectivity index (χ4v) is 2.93. The number of benzene rings is 1. The minimum Gasteiger partial charge on any atom is -0.489 e. The van der Waals surface area contributed by atoms with E-state index in [0.29, 0.717) is 12.4 Å². The molecule has 22 heavy (non-hydrogen) atoms. The summed E-state index contributed by atoms with van der Waals surface area (Å²) in [4.78, 5) is 15.5. The third-order valence-corrected chi connectivity index (χ3v) is 4.02. The number of aromatic nitrogens is 1. The van der Waals surface area contributed by atoms with Gasteiger partial charge in [0.1, 0.15) is 12.4 Å². The summed E-state index contributed by atoms with van der Waals surface area (Å²) in [5.74, 6) is -0.241. The number of aromatic carboxylic acids is 1. The highest BCUT2D eigenvalue weighted by molar-refractivity contribution is 5.87. The zero-order valence-electron chi connectivity index (χ0n) is 12.6. The smallest absolute Gasteiger partial charge is 0.335 e. The normalized spacial score (nSPS) is 13.5. The van der Waals surface area contributed by atoms with Crippen molar-refractivity contribution in [1.29, 1.82) is 0 Å². The molecule has 0 amide bonds. The number of carboxylic acids is 1. The van der Waals surface area contributed by atoms with Crippen LogP contribution in [-0.4, -0.2) is 16.1 Å². The minimum atomic E-state index is -0.926. The van der Waals surface area contributed by atoms with E-state index in [0.717, 1.165) is 18.5 Å². The van der Waals surface area contributed by atoms with Gasteiger partial charge in [-0.3, -0.25) is 4.98 Å². The Balaban J connectivity index is 1.76. The second kappa shape index (κ2) is 6.18. The van der Waals surface area contributed by atoms with Crippen molar-refractivity contribution < 1.29 is 14.6 Å². The maximum atomic E-state index is 10.8. The molecular weight excluding hydrogens is 278 g/mol. The second-order valence-electron chi connectivity index (χ2n) is 5.67. The molecule has 0 spiro atoms. The van der Waals surface area contributed by atoms with Gasteiger partial charge >= 0.3 is 5.97 Å². The molecule has 0 aliphatic heterocycles. The van der Waals surface area contributed by atoms with Gasteiger partial charge in [-0.05, 0) is 74.1 Å². The average Bonchev–Trinajstić information content (AvgIpc) is 2.52. The van der Waals surface area contributed by atoms with Crippen LogP contribution in [-0.2, 0) is 19.4 Å². The summed E-state index contributed by atoms with van der Waals surface area (Å²) in [6.07, 6.45) is 4.54. The van der Waals surface area contributed by atoms with Gasteiger partial charge in [0.05, 0.1) is 5.56 Å². The van der Waals surface area contributed by atoms with Crippen molar-refractivity contribution in [3.63, 3.8) is 0 Å². The molecule has 2 aromatic rings. The molecule has 4 heteroatoms. The maximum Gasteiger partial charge on any atom is 0.335 e. The molecule has 0 fully saturated rings. The molecule has 1 heterocycles. The molecule has 1 aliphatic carbocycles. The second-order valence-corrected chi connectivity index (χ2v) is 5.67. The van der Waals surface area contributed by atoms with Crippen molar-refractivity contribution in [2.24, 2.45) is 0 Å². The number of hydrogen-bond donors (Lipinski definition) is 1. The highest BCUT2D eigenvalue weighted by Crippen LogP contribution is 2.25. The number of ether oxygens (including phenoxy) is 1. The van der Waals surface area contributed by atoms with E-state index in [2.05, 4.69) is 11.1 Å². The molecule has 4 nitrogen and oxygen atoms in total. The largest absolute Gasteiger partial charge is 0.489 e. The van der Waals surface area contributed by atoms with E-state index in [4.69, 9.17) is 9.84 Å². The van der Waals surface area contributed by atoms with Crippen LogP contribution in [0.2, 0.25) is 0 Å². The summed E-state index contributed by atoms with van der Waals surface area (Å²) in [5, 5.41) is 8.90. The summed E-state index contributed by atoms with van der Waals surface area (Å²) in [7, 11) is 0. The fourth-order valence-electron chi connectivity index (χ4n) is 2.93. The van der Waals surface area contributed by atoms with Crippen molar-refractivity contribution in [3.8, 4) is 5.75 Å². The van der Waals surface area contributed by atoms with Crippen LogP contribution < -0.4 is 4.74 Å². The van der Waals surface area contributed by atoms with E-state index >= 15 is 0 Å². The predicted octanol–water partition coefficient (Wildman–Crippen LogP) is 3.55. The third kappa shape index (κ3) is 3.11. The molecule has 114 valence electrons. The Morgan fingerprint density at radius 1 is 1.23 bits per heavy atom. The van der Waals surface area contributed by atoms with Crippen LogP contribution in [0.15, 0.2) is 30.3 Å². The molecule has 1 aromatic heterocycles.